The largest absolute Gasteiger partial charge is 0.487 e. The summed E-state index contributed by atoms with van der Waals surface area (Å²) in [6, 6.07) is 16.1. The highest BCUT2D eigenvalue weighted by Gasteiger charge is 2.44. The Hall–Kier alpha value is -2.57. The smallest absolute Gasteiger partial charge is 0.232 e. The van der Waals surface area contributed by atoms with Gasteiger partial charge in [-0.2, -0.15) is 0 Å². The minimum Gasteiger partial charge on any atom is -0.487 e. The van der Waals surface area contributed by atoms with Crippen molar-refractivity contribution < 1.29 is 14.3 Å². The molecular formula is C24H29N3O3. The van der Waals surface area contributed by atoms with Crippen LogP contribution in [-0.4, -0.2) is 50.9 Å². The van der Waals surface area contributed by atoms with Gasteiger partial charge in [0.25, 0.3) is 0 Å². The lowest BCUT2D eigenvalue weighted by Gasteiger charge is -2.44. The van der Waals surface area contributed by atoms with Crippen LogP contribution in [0.3, 0.4) is 0 Å². The molecule has 1 atom stereocenters. The van der Waals surface area contributed by atoms with E-state index >= 15 is 0 Å². The Morgan fingerprint density at radius 3 is 2.53 bits per heavy atom. The summed E-state index contributed by atoms with van der Waals surface area (Å²) >= 11 is 0. The van der Waals surface area contributed by atoms with Crippen molar-refractivity contribution in [2.45, 2.75) is 30.8 Å². The summed E-state index contributed by atoms with van der Waals surface area (Å²) in [6.45, 7) is 5.19. The van der Waals surface area contributed by atoms with Crippen LogP contribution in [0.1, 0.15) is 30.7 Å². The zero-order valence-electron chi connectivity index (χ0n) is 17.2. The summed E-state index contributed by atoms with van der Waals surface area (Å²) in [5.41, 5.74) is 2.74. The Kier molecular flexibility index (Phi) is 5.35. The molecule has 1 amide bonds. The van der Waals surface area contributed by atoms with E-state index in [2.05, 4.69) is 27.7 Å². The van der Waals surface area contributed by atoms with Gasteiger partial charge < -0.3 is 25.0 Å². The number of morpholine rings is 1. The Morgan fingerprint density at radius 1 is 1.03 bits per heavy atom. The summed E-state index contributed by atoms with van der Waals surface area (Å²) in [6.07, 6.45) is 2.59. The van der Waals surface area contributed by atoms with Gasteiger partial charge in [0.1, 0.15) is 11.4 Å². The summed E-state index contributed by atoms with van der Waals surface area (Å²) in [4.78, 5) is 15.6. The first-order valence-corrected chi connectivity index (χ1v) is 10.9. The monoisotopic (exact) mass is 407 g/mol. The number of fused-ring (bicyclic) bond motifs is 1. The van der Waals surface area contributed by atoms with Gasteiger partial charge in [0.15, 0.2) is 0 Å². The molecular weight excluding hydrogens is 378 g/mol. The van der Waals surface area contributed by atoms with Crippen molar-refractivity contribution in [3.8, 4) is 5.75 Å². The third kappa shape index (κ3) is 3.89. The number of hydrogen-bond acceptors (Lipinski definition) is 5. The van der Waals surface area contributed by atoms with E-state index in [1.54, 1.807) is 0 Å². The van der Waals surface area contributed by atoms with E-state index in [-0.39, 0.29) is 17.4 Å². The van der Waals surface area contributed by atoms with Crippen LogP contribution in [0.2, 0.25) is 0 Å². The van der Waals surface area contributed by atoms with Crippen LogP contribution in [0.25, 0.3) is 0 Å². The number of rotatable bonds is 3. The Balaban J connectivity index is 1.33. The van der Waals surface area contributed by atoms with Gasteiger partial charge >= 0.3 is 0 Å². The van der Waals surface area contributed by atoms with Crippen LogP contribution in [0, 0.1) is 0 Å². The van der Waals surface area contributed by atoms with E-state index in [1.807, 2.05) is 36.4 Å². The molecule has 3 aliphatic heterocycles. The molecule has 2 fully saturated rings. The van der Waals surface area contributed by atoms with Crippen LogP contribution in [0.5, 0.6) is 5.75 Å². The van der Waals surface area contributed by atoms with Crippen molar-refractivity contribution in [1.82, 2.24) is 5.32 Å². The molecule has 158 valence electrons. The van der Waals surface area contributed by atoms with Crippen LogP contribution in [0.4, 0.5) is 11.4 Å². The lowest BCUT2D eigenvalue weighted by molar-refractivity contribution is -0.120. The number of nitrogens with zero attached hydrogens (tertiary/aromatic N) is 1. The Morgan fingerprint density at radius 2 is 1.77 bits per heavy atom. The maximum Gasteiger partial charge on any atom is 0.232 e. The van der Waals surface area contributed by atoms with Gasteiger partial charge in [-0.05, 0) is 56.3 Å². The van der Waals surface area contributed by atoms with Gasteiger partial charge in [0, 0.05) is 36.4 Å². The first-order valence-electron chi connectivity index (χ1n) is 10.9. The molecule has 0 unspecified atom stereocenters. The number of nitrogens with one attached hydrogen (secondary N) is 2. The van der Waals surface area contributed by atoms with Gasteiger partial charge in [-0.15, -0.1) is 0 Å². The average molecular weight is 408 g/mol. The second kappa shape index (κ2) is 8.28. The predicted molar refractivity (Wildman–Crippen MR) is 117 cm³/mol. The first-order chi connectivity index (χ1) is 14.7. The van der Waals surface area contributed by atoms with Crippen LogP contribution < -0.4 is 20.3 Å². The molecule has 3 heterocycles. The number of amides is 1. The predicted octanol–water partition coefficient (Wildman–Crippen LogP) is 3.15. The second-order valence-electron chi connectivity index (χ2n) is 8.47. The maximum atomic E-state index is 13.3. The molecule has 3 aliphatic rings. The molecule has 2 N–H and O–H groups in total. The van der Waals surface area contributed by atoms with Crippen molar-refractivity contribution in [2.24, 2.45) is 0 Å². The Bertz CT molecular complexity index is 887. The van der Waals surface area contributed by atoms with Gasteiger partial charge in [0.05, 0.1) is 19.1 Å². The molecule has 6 nitrogen and oxygen atoms in total. The van der Waals surface area contributed by atoms with Crippen LogP contribution in [-0.2, 0) is 9.53 Å². The topological polar surface area (TPSA) is 62.8 Å². The number of benzene rings is 2. The molecule has 0 radical (unpaired) electrons. The highest BCUT2D eigenvalue weighted by Crippen LogP contribution is 2.44. The van der Waals surface area contributed by atoms with Gasteiger partial charge in [-0.3, -0.25) is 4.79 Å². The zero-order valence-corrected chi connectivity index (χ0v) is 17.2. The molecule has 2 saturated heterocycles. The van der Waals surface area contributed by atoms with Gasteiger partial charge in [-0.1, -0.05) is 18.2 Å². The van der Waals surface area contributed by atoms with Crippen LogP contribution >= 0.6 is 0 Å². The third-order valence-electron chi connectivity index (χ3n) is 6.54. The van der Waals surface area contributed by atoms with E-state index in [4.69, 9.17) is 9.47 Å². The van der Waals surface area contributed by atoms with Gasteiger partial charge in [-0.25, -0.2) is 0 Å². The SMILES string of the molecule is O=C(Nc1ccc(N2CCOCC2)cc1)[C@H]1CC2(CCNCC2)Oc2ccccc21. The maximum absolute atomic E-state index is 13.3. The number of anilines is 2. The highest BCUT2D eigenvalue weighted by molar-refractivity contribution is 5.96. The van der Waals surface area contributed by atoms with Gasteiger partial charge in [0.2, 0.25) is 5.91 Å². The van der Waals surface area contributed by atoms with E-state index in [9.17, 15) is 4.79 Å². The van der Waals surface area contributed by atoms with Crippen molar-refractivity contribution in [1.29, 1.82) is 0 Å². The second-order valence-corrected chi connectivity index (χ2v) is 8.47. The number of hydrogen-bond donors (Lipinski definition) is 2. The van der Waals surface area contributed by atoms with Crippen molar-refractivity contribution in [3.63, 3.8) is 0 Å². The molecule has 1 spiro atoms. The fourth-order valence-electron chi connectivity index (χ4n) is 4.85. The fourth-order valence-corrected chi connectivity index (χ4v) is 4.85. The number of para-hydroxylation sites is 1. The van der Waals surface area contributed by atoms with E-state index in [0.29, 0.717) is 0 Å². The number of ether oxygens (including phenoxy) is 2. The molecule has 0 bridgehead atoms. The summed E-state index contributed by atoms with van der Waals surface area (Å²) in [7, 11) is 0. The lowest BCUT2D eigenvalue weighted by Crippen LogP contribution is -2.50. The molecule has 30 heavy (non-hydrogen) atoms. The van der Waals surface area contributed by atoms with E-state index < -0.39 is 0 Å². The minimum atomic E-state index is -0.248. The van der Waals surface area contributed by atoms with Crippen molar-refractivity contribution >= 4 is 17.3 Å². The normalized spacial score (nSPS) is 22.8. The number of piperidine rings is 1. The molecule has 0 aromatic heterocycles. The molecule has 2 aromatic carbocycles. The minimum absolute atomic E-state index is 0.0442. The molecule has 0 saturated carbocycles. The zero-order chi connectivity index (χ0) is 20.4. The quantitative estimate of drug-likeness (QED) is 0.819. The molecule has 6 heteroatoms. The number of carbonyl (C=O) groups excluding carboxylic acids is 1. The molecule has 0 aliphatic carbocycles. The Labute approximate surface area is 177 Å². The average Bonchev–Trinajstić information content (AvgIpc) is 2.80. The van der Waals surface area contributed by atoms with E-state index in [1.165, 1.54) is 5.69 Å². The first kappa shape index (κ1) is 19.4. The standard InChI is InChI=1S/C24H29N3O3/c28-23(26-18-5-7-19(8-6-18)27-13-15-29-16-14-27)21-17-24(9-11-25-12-10-24)30-22-4-2-1-3-20(21)22/h1-8,21,25H,9-17H2,(H,26,28)/t21-/m0/s1. The van der Waals surface area contributed by atoms with E-state index in [0.717, 1.165) is 75.7 Å². The summed E-state index contributed by atoms with van der Waals surface area (Å²) in [5.74, 6) is 0.697. The third-order valence-corrected chi connectivity index (χ3v) is 6.54. The number of carbonyl (C=O) groups is 1. The van der Waals surface area contributed by atoms with Crippen molar-refractivity contribution in [2.75, 3.05) is 49.6 Å². The fraction of sp³-hybridized carbons (Fsp3) is 0.458. The van der Waals surface area contributed by atoms with Crippen molar-refractivity contribution in [3.05, 3.63) is 54.1 Å². The summed E-state index contributed by atoms with van der Waals surface area (Å²) < 4.78 is 11.9. The highest BCUT2D eigenvalue weighted by atomic mass is 16.5. The van der Waals surface area contributed by atoms with Crippen LogP contribution in [0.15, 0.2) is 48.5 Å². The summed E-state index contributed by atoms with van der Waals surface area (Å²) in [5, 5.41) is 6.56. The molecule has 5 rings (SSSR count). The molecule has 2 aromatic rings. The lowest BCUT2D eigenvalue weighted by atomic mass is 9.77.